The summed E-state index contributed by atoms with van der Waals surface area (Å²) < 4.78 is 0. The Bertz CT molecular complexity index is 310. The van der Waals surface area contributed by atoms with E-state index in [0.29, 0.717) is 5.69 Å². The number of nitrogens with two attached hydrogens (primary N) is 1. The Balaban J connectivity index is 0.00000144. The zero-order valence-electron chi connectivity index (χ0n) is 7.59. The van der Waals surface area contributed by atoms with Crippen LogP contribution < -0.4 is 5.73 Å². The van der Waals surface area contributed by atoms with Gasteiger partial charge in [0.2, 0.25) is 0 Å². The van der Waals surface area contributed by atoms with Crippen LogP contribution in [-0.2, 0) is 25.9 Å². The minimum atomic E-state index is 0. The van der Waals surface area contributed by atoms with Crippen molar-refractivity contribution in [2.75, 3.05) is 5.73 Å². The second-order valence-corrected chi connectivity index (χ2v) is 2.67. The first-order chi connectivity index (χ1) is 5.65. The van der Waals surface area contributed by atoms with E-state index in [4.69, 9.17) is 5.73 Å². The van der Waals surface area contributed by atoms with Crippen LogP contribution in [0.1, 0.15) is 11.1 Å². The number of allylic oxidation sites excluding steroid dienone is 1. The van der Waals surface area contributed by atoms with Gasteiger partial charge in [0.25, 0.3) is 0 Å². The summed E-state index contributed by atoms with van der Waals surface area (Å²) in [5.74, 6) is 0.0906. The zero-order valence-corrected chi connectivity index (χ0v) is 10.6. The number of aromatic hydroxyl groups is 1. The molecule has 3 heteroatoms. The number of hydrogen-bond donors (Lipinski definition) is 2. The van der Waals surface area contributed by atoms with Gasteiger partial charge in [-0.15, -0.1) is 18.2 Å². The minimum Gasteiger partial charge on any atom is -0.519 e. The maximum absolute atomic E-state index is 9.20. The summed E-state index contributed by atoms with van der Waals surface area (Å²) in [6.45, 7) is 7.40. The molecular formula is C10H12NOZn-. The quantitative estimate of drug-likeness (QED) is 0.266. The van der Waals surface area contributed by atoms with Crippen molar-refractivity contribution in [1.82, 2.24) is 0 Å². The topological polar surface area (TPSA) is 46.2 Å². The van der Waals surface area contributed by atoms with Crippen molar-refractivity contribution in [3.63, 3.8) is 0 Å². The van der Waals surface area contributed by atoms with E-state index in [1.807, 2.05) is 0 Å². The standard InChI is InChI=1S/C10H12NO.Zn/c1-3-4-8-6-9(11)10(12)5-7(8)2;/h3,5-6,12H,1-2,4,11H2;/q-1;. The van der Waals surface area contributed by atoms with Crippen molar-refractivity contribution < 1.29 is 24.6 Å². The van der Waals surface area contributed by atoms with Gasteiger partial charge in [-0.3, -0.25) is 0 Å². The minimum absolute atomic E-state index is 0. The molecule has 0 radical (unpaired) electrons. The largest absolute Gasteiger partial charge is 0.519 e. The van der Waals surface area contributed by atoms with Gasteiger partial charge in [-0.1, -0.05) is 18.6 Å². The number of phenols is 1. The number of nitrogen functional groups attached to an aromatic ring is 1. The molecule has 0 saturated heterocycles. The van der Waals surface area contributed by atoms with Crippen molar-refractivity contribution in [2.45, 2.75) is 6.42 Å². The molecule has 0 heterocycles. The summed E-state index contributed by atoms with van der Waals surface area (Å²) >= 11 is 0. The van der Waals surface area contributed by atoms with Gasteiger partial charge in [0.1, 0.15) is 0 Å². The van der Waals surface area contributed by atoms with E-state index >= 15 is 0 Å². The molecule has 0 unspecified atom stereocenters. The maximum Gasteiger partial charge on any atom is 0.0834 e. The first-order valence-corrected chi connectivity index (χ1v) is 3.69. The van der Waals surface area contributed by atoms with Crippen LogP contribution >= 0.6 is 0 Å². The molecule has 0 saturated carbocycles. The van der Waals surface area contributed by atoms with Crippen LogP contribution in [0, 0.1) is 6.92 Å². The predicted molar refractivity (Wildman–Crippen MR) is 50.9 cm³/mol. The summed E-state index contributed by atoms with van der Waals surface area (Å²) in [6.07, 6.45) is 2.50. The average Bonchev–Trinajstić information content (AvgIpc) is 2.01. The van der Waals surface area contributed by atoms with E-state index < -0.39 is 0 Å². The fraction of sp³-hybridized carbons (Fsp3) is 0.100. The molecule has 13 heavy (non-hydrogen) atoms. The van der Waals surface area contributed by atoms with Gasteiger partial charge in [0.05, 0.1) is 5.75 Å². The van der Waals surface area contributed by atoms with Crippen LogP contribution in [0.3, 0.4) is 0 Å². The fourth-order valence-corrected chi connectivity index (χ4v) is 1.04. The Morgan fingerprint density at radius 2 is 2.15 bits per heavy atom. The van der Waals surface area contributed by atoms with Gasteiger partial charge in [0, 0.05) is 25.2 Å². The first kappa shape index (κ1) is 12.1. The molecule has 0 aliphatic carbocycles. The Labute approximate surface area is 91.2 Å². The van der Waals surface area contributed by atoms with Crippen LogP contribution in [0.15, 0.2) is 24.8 Å². The van der Waals surface area contributed by atoms with Crippen molar-refractivity contribution in [2.24, 2.45) is 0 Å². The molecule has 1 aromatic carbocycles. The Hall–Kier alpha value is -0.947. The molecule has 1 aromatic rings. The molecule has 0 aliphatic heterocycles. The third-order valence-electron chi connectivity index (χ3n) is 1.71. The fourth-order valence-electron chi connectivity index (χ4n) is 1.04. The van der Waals surface area contributed by atoms with E-state index in [-0.39, 0.29) is 25.2 Å². The van der Waals surface area contributed by atoms with Crippen molar-refractivity contribution in [1.29, 1.82) is 0 Å². The number of rotatable bonds is 2. The third-order valence-corrected chi connectivity index (χ3v) is 1.71. The van der Waals surface area contributed by atoms with Crippen LogP contribution in [0.25, 0.3) is 0 Å². The van der Waals surface area contributed by atoms with Crippen LogP contribution in [-0.4, -0.2) is 5.11 Å². The van der Waals surface area contributed by atoms with Gasteiger partial charge >= 0.3 is 0 Å². The molecule has 0 amide bonds. The molecule has 0 aromatic heterocycles. The summed E-state index contributed by atoms with van der Waals surface area (Å²) in [6, 6.07) is 3.29. The normalized spacial score (nSPS) is 8.92. The second kappa shape index (κ2) is 4.93. The van der Waals surface area contributed by atoms with E-state index in [1.54, 1.807) is 18.2 Å². The van der Waals surface area contributed by atoms with Gasteiger partial charge < -0.3 is 10.8 Å². The molecule has 0 spiro atoms. The molecule has 3 N–H and O–H groups in total. The number of phenolic OH excluding ortho intramolecular Hbond substituents is 1. The smallest absolute Gasteiger partial charge is 0.0834 e. The molecule has 0 aliphatic rings. The average molecular weight is 228 g/mol. The van der Waals surface area contributed by atoms with E-state index in [9.17, 15) is 5.11 Å². The van der Waals surface area contributed by atoms with Crippen LogP contribution in [0.2, 0.25) is 0 Å². The van der Waals surface area contributed by atoms with Gasteiger partial charge in [-0.05, 0) is 0 Å². The van der Waals surface area contributed by atoms with Gasteiger partial charge in [0.15, 0.2) is 0 Å². The first-order valence-electron chi connectivity index (χ1n) is 3.69. The van der Waals surface area contributed by atoms with Crippen molar-refractivity contribution in [3.8, 4) is 5.75 Å². The summed E-state index contributed by atoms with van der Waals surface area (Å²) in [5, 5.41) is 9.20. The van der Waals surface area contributed by atoms with Gasteiger partial charge in [-0.25, -0.2) is 0 Å². The number of anilines is 1. The molecular weight excluding hydrogens is 216 g/mol. The summed E-state index contributed by atoms with van der Waals surface area (Å²) in [7, 11) is 0. The molecule has 0 fully saturated rings. The van der Waals surface area contributed by atoms with E-state index in [0.717, 1.165) is 17.5 Å². The number of benzene rings is 1. The van der Waals surface area contributed by atoms with Crippen LogP contribution in [0.4, 0.5) is 5.69 Å². The predicted octanol–water partition coefficient (Wildman–Crippen LogP) is 1.88. The molecule has 1 rings (SSSR count). The van der Waals surface area contributed by atoms with Crippen LogP contribution in [0.5, 0.6) is 5.75 Å². The van der Waals surface area contributed by atoms with E-state index in [1.165, 1.54) is 0 Å². The summed E-state index contributed by atoms with van der Waals surface area (Å²) in [4.78, 5) is 0. The van der Waals surface area contributed by atoms with Crippen molar-refractivity contribution >= 4 is 5.69 Å². The molecule has 2 nitrogen and oxygen atoms in total. The second-order valence-electron chi connectivity index (χ2n) is 2.67. The zero-order chi connectivity index (χ0) is 9.14. The monoisotopic (exact) mass is 226 g/mol. The Kier molecular flexibility index (Phi) is 4.57. The Morgan fingerprint density at radius 3 is 2.69 bits per heavy atom. The molecule has 0 bridgehead atoms. The maximum atomic E-state index is 9.20. The summed E-state index contributed by atoms with van der Waals surface area (Å²) in [5.41, 5.74) is 7.69. The van der Waals surface area contributed by atoms with Crippen molar-refractivity contribution in [3.05, 3.63) is 42.8 Å². The SMILES string of the molecule is C=CCc1cc(N)c(O)cc1[CH2-].[Zn]. The number of hydrogen-bond acceptors (Lipinski definition) is 2. The molecule has 0 atom stereocenters. The Morgan fingerprint density at radius 1 is 1.54 bits per heavy atom. The molecule has 66 valence electrons. The third kappa shape index (κ3) is 2.78. The van der Waals surface area contributed by atoms with E-state index in [2.05, 4.69) is 13.5 Å². The van der Waals surface area contributed by atoms with Gasteiger partial charge in [-0.2, -0.15) is 12.5 Å².